The van der Waals surface area contributed by atoms with E-state index in [2.05, 4.69) is 26.1 Å². The van der Waals surface area contributed by atoms with Crippen molar-refractivity contribution in [1.29, 1.82) is 0 Å². The molecule has 1 aliphatic heterocycles. The van der Waals surface area contributed by atoms with Crippen LogP contribution in [0.1, 0.15) is 65.5 Å². The Morgan fingerprint density at radius 1 is 0.893 bits per heavy atom. The van der Waals surface area contributed by atoms with E-state index < -0.39 is 0 Å². The summed E-state index contributed by atoms with van der Waals surface area (Å²) in [5, 5.41) is 3.10. The molecule has 0 bridgehead atoms. The van der Waals surface area contributed by atoms with Crippen LogP contribution in [0.3, 0.4) is 0 Å². The average Bonchev–Trinajstić information content (AvgIpc) is 2.68. The van der Waals surface area contributed by atoms with E-state index in [1.807, 2.05) is 60.4 Å². The molecule has 2 amide bonds. The Labute approximate surface area is 167 Å². The first-order valence-electron chi connectivity index (χ1n) is 10.0. The summed E-state index contributed by atoms with van der Waals surface area (Å²) in [6.07, 6.45) is 1.56. The molecule has 0 aliphatic carbocycles. The lowest BCUT2D eigenvalue weighted by molar-refractivity contribution is 0.0698. The van der Waals surface area contributed by atoms with Crippen LogP contribution in [0.15, 0.2) is 48.5 Å². The summed E-state index contributed by atoms with van der Waals surface area (Å²) < 4.78 is 0. The van der Waals surface area contributed by atoms with Gasteiger partial charge in [-0.3, -0.25) is 9.59 Å². The van der Waals surface area contributed by atoms with Gasteiger partial charge in [-0.1, -0.05) is 50.6 Å². The molecule has 1 fully saturated rings. The molecule has 28 heavy (non-hydrogen) atoms. The third kappa shape index (κ3) is 4.80. The van der Waals surface area contributed by atoms with Gasteiger partial charge in [0.1, 0.15) is 0 Å². The van der Waals surface area contributed by atoms with E-state index in [0.29, 0.717) is 18.7 Å². The molecule has 148 valence electrons. The molecular formula is C24H30N2O2. The molecule has 4 nitrogen and oxygen atoms in total. The Kier molecular flexibility index (Phi) is 5.87. The summed E-state index contributed by atoms with van der Waals surface area (Å²) in [6.45, 7) is 9.83. The molecule has 2 aromatic rings. The van der Waals surface area contributed by atoms with Gasteiger partial charge in [-0.05, 0) is 55.0 Å². The van der Waals surface area contributed by atoms with Gasteiger partial charge >= 0.3 is 0 Å². The topological polar surface area (TPSA) is 49.4 Å². The number of piperidine rings is 1. The van der Waals surface area contributed by atoms with Gasteiger partial charge in [0, 0.05) is 30.3 Å². The fourth-order valence-corrected chi connectivity index (χ4v) is 3.50. The maximum atomic E-state index is 12.8. The van der Waals surface area contributed by atoms with E-state index in [1.165, 1.54) is 5.56 Å². The van der Waals surface area contributed by atoms with Crippen molar-refractivity contribution in [3.8, 4) is 0 Å². The van der Waals surface area contributed by atoms with Crippen molar-refractivity contribution in [2.24, 2.45) is 0 Å². The van der Waals surface area contributed by atoms with Gasteiger partial charge in [0.15, 0.2) is 0 Å². The van der Waals surface area contributed by atoms with Gasteiger partial charge < -0.3 is 10.2 Å². The Morgan fingerprint density at radius 2 is 1.43 bits per heavy atom. The zero-order valence-electron chi connectivity index (χ0n) is 17.3. The van der Waals surface area contributed by atoms with Crippen LogP contribution < -0.4 is 5.32 Å². The van der Waals surface area contributed by atoms with Gasteiger partial charge in [-0.2, -0.15) is 0 Å². The summed E-state index contributed by atoms with van der Waals surface area (Å²) in [7, 11) is 0. The van der Waals surface area contributed by atoms with Crippen molar-refractivity contribution in [1.82, 2.24) is 10.2 Å². The molecule has 1 saturated heterocycles. The summed E-state index contributed by atoms with van der Waals surface area (Å²) in [4.78, 5) is 27.1. The zero-order valence-corrected chi connectivity index (χ0v) is 17.3. The van der Waals surface area contributed by atoms with Crippen molar-refractivity contribution >= 4 is 11.8 Å². The number of benzene rings is 2. The average molecular weight is 379 g/mol. The second-order valence-corrected chi connectivity index (χ2v) is 8.73. The van der Waals surface area contributed by atoms with Crippen molar-refractivity contribution in [2.45, 2.75) is 52.0 Å². The van der Waals surface area contributed by atoms with E-state index in [-0.39, 0.29) is 23.3 Å². The largest absolute Gasteiger partial charge is 0.349 e. The summed E-state index contributed by atoms with van der Waals surface area (Å²) in [5.41, 5.74) is 3.86. The Hall–Kier alpha value is -2.62. The highest BCUT2D eigenvalue weighted by atomic mass is 16.2. The Bertz CT molecular complexity index is 824. The van der Waals surface area contributed by atoms with Crippen molar-refractivity contribution in [3.05, 3.63) is 70.8 Å². The fraction of sp³-hybridized carbons (Fsp3) is 0.417. The van der Waals surface area contributed by atoms with E-state index in [1.54, 1.807) is 0 Å². The normalized spacial score (nSPS) is 15.4. The molecule has 0 spiro atoms. The van der Waals surface area contributed by atoms with Crippen molar-refractivity contribution in [2.75, 3.05) is 13.1 Å². The molecular weight excluding hydrogens is 348 g/mol. The number of aryl methyl sites for hydroxylation is 1. The highest BCUT2D eigenvalue weighted by Gasteiger charge is 2.25. The number of hydrogen-bond acceptors (Lipinski definition) is 2. The second kappa shape index (κ2) is 8.17. The van der Waals surface area contributed by atoms with Crippen molar-refractivity contribution < 1.29 is 9.59 Å². The number of hydrogen-bond donors (Lipinski definition) is 1. The number of carbonyl (C=O) groups excluding carboxylic acids is 2. The maximum absolute atomic E-state index is 12.8. The van der Waals surface area contributed by atoms with E-state index in [9.17, 15) is 9.59 Å². The highest BCUT2D eigenvalue weighted by Crippen LogP contribution is 2.23. The molecule has 0 aromatic heterocycles. The minimum absolute atomic E-state index is 0.0393. The monoisotopic (exact) mass is 378 g/mol. The molecule has 1 aliphatic rings. The minimum Gasteiger partial charge on any atom is -0.349 e. The lowest BCUT2D eigenvalue weighted by Crippen LogP contribution is -2.46. The number of rotatable bonds is 3. The minimum atomic E-state index is -0.0393. The molecule has 0 radical (unpaired) electrons. The molecule has 0 atom stereocenters. The molecule has 0 saturated carbocycles. The first-order chi connectivity index (χ1) is 13.2. The lowest BCUT2D eigenvalue weighted by Gasteiger charge is -2.32. The third-order valence-corrected chi connectivity index (χ3v) is 5.43. The summed E-state index contributed by atoms with van der Waals surface area (Å²) >= 11 is 0. The van der Waals surface area contributed by atoms with Crippen LogP contribution in [0.5, 0.6) is 0 Å². The summed E-state index contributed by atoms with van der Waals surface area (Å²) in [6, 6.07) is 15.6. The summed E-state index contributed by atoms with van der Waals surface area (Å²) in [5.74, 6) is 0.0336. The molecule has 0 unspecified atom stereocenters. The van der Waals surface area contributed by atoms with Gasteiger partial charge in [0.05, 0.1) is 0 Å². The predicted octanol–water partition coefficient (Wildman–Crippen LogP) is 4.33. The first kappa shape index (κ1) is 20.1. The second-order valence-electron chi connectivity index (χ2n) is 8.73. The highest BCUT2D eigenvalue weighted by molar-refractivity contribution is 5.95. The quantitative estimate of drug-likeness (QED) is 0.864. The third-order valence-electron chi connectivity index (χ3n) is 5.43. The molecule has 2 aromatic carbocycles. The van der Waals surface area contributed by atoms with Gasteiger partial charge in [0.2, 0.25) is 0 Å². The number of carbonyl (C=O) groups is 2. The number of likely N-dealkylation sites (tertiary alicyclic amines) is 1. The van der Waals surface area contributed by atoms with E-state index in [4.69, 9.17) is 0 Å². The van der Waals surface area contributed by atoms with E-state index >= 15 is 0 Å². The van der Waals surface area contributed by atoms with Crippen LogP contribution in [-0.2, 0) is 5.41 Å². The molecule has 1 heterocycles. The van der Waals surface area contributed by atoms with Crippen LogP contribution in [0.25, 0.3) is 0 Å². The number of amides is 2. The van der Waals surface area contributed by atoms with Gasteiger partial charge in [-0.15, -0.1) is 0 Å². The SMILES string of the molecule is Cc1ccc(C(=O)NC2CCN(C(=O)c3ccc(C(C)(C)C)cc3)CC2)cc1. The van der Waals surface area contributed by atoms with Gasteiger partial charge in [-0.25, -0.2) is 0 Å². The van der Waals surface area contributed by atoms with Crippen molar-refractivity contribution in [3.63, 3.8) is 0 Å². The number of nitrogens with one attached hydrogen (secondary N) is 1. The smallest absolute Gasteiger partial charge is 0.253 e. The lowest BCUT2D eigenvalue weighted by atomic mass is 9.86. The van der Waals surface area contributed by atoms with Gasteiger partial charge in [0.25, 0.3) is 11.8 Å². The first-order valence-corrected chi connectivity index (χ1v) is 10.0. The maximum Gasteiger partial charge on any atom is 0.253 e. The Morgan fingerprint density at radius 3 is 1.96 bits per heavy atom. The van der Waals surface area contributed by atoms with Crippen LogP contribution >= 0.6 is 0 Å². The molecule has 4 heteroatoms. The fourth-order valence-electron chi connectivity index (χ4n) is 3.50. The zero-order chi connectivity index (χ0) is 20.3. The van der Waals surface area contributed by atoms with Crippen LogP contribution in [-0.4, -0.2) is 35.8 Å². The van der Waals surface area contributed by atoms with Crippen LogP contribution in [0.4, 0.5) is 0 Å². The number of nitrogens with zero attached hydrogens (tertiary/aromatic N) is 1. The van der Waals surface area contributed by atoms with E-state index in [0.717, 1.165) is 24.0 Å². The predicted molar refractivity (Wildman–Crippen MR) is 113 cm³/mol. The molecule has 3 rings (SSSR count). The Balaban J connectivity index is 1.54. The standard InChI is InChI=1S/C24H30N2O2/c1-17-5-7-18(8-6-17)22(27)25-21-13-15-26(16-14-21)23(28)19-9-11-20(12-10-19)24(2,3)4/h5-12,21H,13-16H2,1-4H3,(H,25,27). The molecule has 1 N–H and O–H groups in total. The van der Waals surface area contributed by atoms with Crippen LogP contribution in [0, 0.1) is 6.92 Å². The van der Waals surface area contributed by atoms with Crippen LogP contribution in [0.2, 0.25) is 0 Å².